The summed E-state index contributed by atoms with van der Waals surface area (Å²) in [6, 6.07) is 11.6. The Balaban J connectivity index is 0.000000336. The van der Waals surface area contributed by atoms with Crippen LogP contribution in [-0.2, 0) is 15.9 Å². The number of benzene rings is 1. The predicted octanol–water partition coefficient (Wildman–Crippen LogP) is 11.2. The molecule has 2 aliphatic rings. The van der Waals surface area contributed by atoms with Gasteiger partial charge in [-0.15, -0.1) is 0 Å². The molecule has 2 fully saturated rings. The summed E-state index contributed by atoms with van der Waals surface area (Å²) in [5.41, 5.74) is 2.15. The van der Waals surface area contributed by atoms with E-state index in [-0.39, 0.29) is 23.9 Å². The molecule has 0 heterocycles. The molecule has 0 nitrogen and oxygen atoms in total. The van der Waals surface area contributed by atoms with E-state index in [9.17, 15) is 0 Å². The maximum absolute atomic E-state index is 4.81. The molecule has 2 aliphatic carbocycles. The molecule has 35 heavy (non-hydrogen) atoms. The third kappa shape index (κ3) is 12.8. The van der Waals surface area contributed by atoms with Crippen LogP contribution in [0.3, 0.4) is 0 Å². The average molecular weight is 656 g/mol. The summed E-state index contributed by atoms with van der Waals surface area (Å²) in [6.45, 7) is 21.6. The van der Waals surface area contributed by atoms with Crippen molar-refractivity contribution < 1.29 is 15.9 Å². The largest absolute Gasteiger partial charge is 0.0920 e. The van der Waals surface area contributed by atoms with Gasteiger partial charge in [-0.25, -0.2) is 0 Å². The Labute approximate surface area is 238 Å². The minimum Gasteiger partial charge on any atom is -0.0620 e. The predicted molar refractivity (Wildman–Crippen MR) is 167 cm³/mol. The molecule has 0 aliphatic heterocycles. The van der Waals surface area contributed by atoms with Gasteiger partial charge in [-0.2, -0.15) is 0 Å². The zero-order chi connectivity index (χ0) is 26.7. The third-order valence-corrected chi connectivity index (χ3v) is 15.9. The summed E-state index contributed by atoms with van der Waals surface area (Å²) in [4.78, 5) is 0. The summed E-state index contributed by atoms with van der Waals surface area (Å²) in [5, 5.41) is 3.20. The molecule has 0 N–H and O–H groups in total. The molecule has 0 atom stereocenters. The van der Waals surface area contributed by atoms with Crippen molar-refractivity contribution in [1.29, 1.82) is 0 Å². The van der Waals surface area contributed by atoms with Crippen LogP contribution in [0.1, 0.15) is 127 Å². The first-order chi connectivity index (χ1) is 16.2. The molecule has 1 aromatic carbocycles. The number of rotatable bonds is 3. The van der Waals surface area contributed by atoms with E-state index < -0.39 is 7.92 Å². The number of halogens is 2. The third-order valence-electron chi connectivity index (χ3n) is 7.45. The fraction of sp³-hybridized carbons (Fsp3) is 0.800. The molecule has 0 amide bonds. The van der Waals surface area contributed by atoms with Gasteiger partial charge in [0.1, 0.15) is 0 Å². The van der Waals surface area contributed by atoms with Crippen molar-refractivity contribution in [3.63, 3.8) is 0 Å². The van der Waals surface area contributed by atoms with Crippen LogP contribution < -0.4 is 5.30 Å². The zero-order valence-corrected chi connectivity index (χ0v) is 29.3. The van der Waals surface area contributed by atoms with E-state index in [0.29, 0.717) is 15.5 Å². The van der Waals surface area contributed by atoms with E-state index in [1.807, 2.05) is 0 Å². The van der Waals surface area contributed by atoms with E-state index in [1.54, 1.807) is 5.30 Å². The molecule has 2 saturated carbocycles. The minimum atomic E-state index is -0.391. The van der Waals surface area contributed by atoms with Crippen LogP contribution in [0, 0.1) is 0 Å². The van der Waals surface area contributed by atoms with Crippen molar-refractivity contribution >= 4 is 40.2 Å². The second-order valence-corrected chi connectivity index (χ2v) is 24.4. The number of hydrogen-bond acceptors (Lipinski definition) is 0. The molecule has 0 saturated heterocycles. The molecule has 0 spiro atoms. The normalized spacial score (nSPS) is 18.7. The second kappa shape index (κ2) is 16.4. The smallest absolute Gasteiger partial charge is 0.0620 e. The second-order valence-electron chi connectivity index (χ2n) is 13.7. The standard InChI is InChI=1S/C18H27P.C12H27P.2ClH.Pd/c1-4-10-16(11-5-1)19(17-12-6-2-7-13-17)18-14-8-3-9-15-18;1-10(2,3)13(11(4,5)6)12(7,8)9;;;/h1,4-5,10-11,17-18H,2-3,6-9,12-15H2;1-9H3;2*1H;/q;;;;+2. The summed E-state index contributed by atoms with van der Waals surface area (Å²) in [6.07, 6.45) is 15.1. The SMILES string of the molecule is CC(C)(C)[PH+](C(C)(C)C)C(C)(C)C.[Cl][Pd][Cl].c1ccc([PH+](C2CCCCC2)C2CCCCC2)cc1. The fourth-order valence-electron chi connectivity index (χ4n) is 7.64. The van der Waals surface area contributed by atoms with Crippen LogP contribution in [0.25, 0.3) is 0 Å². The van der Waals surface area contributed by atoms with Crippen LogP contribution in [0.2, 0.25) is 0 Å². The van der Waals surface area contributed by atoms with Crippen LogP contribution >= 0.6 is 34.9 Å². The molecule has 5 heteroatoms. The zero-order valence-electron chi connectivity index (χ0n) is 24.2. The van der Waals surface area contributed by atoms with E-state index in [0.717, 1.165) is 11.3 Å². The quantitative estimate of drug-likeness (QED) is 0.225. The van der Waals surface area contributed by atoms with Crippen molar-refractivity contribution in [3.8, 4) is 0 Å². The van der Waals surface area contributed by atoms with Gasteiger partial charge in [0.15, 0.2) is 0 Å². The molecule has 0 radical (unpaired) electrons. The first-order valence-electron chi connectivity index (χ1n) is 13.9. The first kappa shape index (κ1) is 34.3. The monoisotopic (exact) mass is 654 g/mol. The van der Waals surface area contributed by atoms with Gasteiger partial charge in [-0.1, -0.05) is 31.0 Å². The van der Waals surface area contributed by atoms with Crippen molar-refractivity contribution in [1.82, 2.24) is 0 Å². The molecule has 0 unspecified atom stereocenters. The molecular formula is C30H56Cl2P2Pd+2. The Hall–Kier alpha value is 1.32. The van der Waals surface area contributed by atoms with Gasteiger partial charge in [0, 0.05) is 15.8 Å². The van der Waals surface area contributed by atoms with Crippen molar-refractivity contribution in [2.75, 3.05) is 0 Å². The Morgan fingerprint density at radius 2 is 0.914 bits per heavy atom. The molecule has 0 aromatic heterocycles. The number of hydrogen-bond donors (Lipinski definition) is 0. The van der Waals surface area contributed by atoms with Crippen molar-refractivity contribution in [3.05, 3.63) is 30.3 Å². The summed E-state index contributed by atoms with van der Waals surface area (Å²) in [7, 11) is 8.91. The van der Waals surface area contributed by atoms with E-state index in [4.69, 9.17) is 19.1 Å². The van der Waals surface area contributed by atoms with Gasteiger partial charge in [0.25, 0.3) is 0 Å². The topological polar surface area (TPSA) is 0 Å². The minimum absolute atomic E-state index is 0.106. The van der Waals surface area contributed by atoms with E-state index >= 15 is 0 Å². The van der Waals surface area contributed by atoms with Crippen molar-refractivity contribution in [2.45, 2.75) is 153 Å². The Morgan fingerprint density at radius 3 is 1.17 bits per heavy atom. The maximum Gasteiger partial charge on any atom is 0.0920 e. The molecule has 1 aromatic rings. The van der Waals surface area contributed by atoms with Crippen molar-refractivity contribution in [2.24, 2.45) is 0 Å². The average Bonchev–Trinajstić information content (AvgIpc) is 2.74. The summed E-state index contributed by atoms with van der Waals surface area (Å²) < 4.78 is 0. The van der Waals surface area contributed by atoms with Crippen LogP contribution in [-0.4, -0.2) is 26.8 Å². The van der Waals surface area contributed by atoms with Gasteiger partial charge >= 0.3 is 35.0 Å². The molecule has 3 rings (SSSR count). The fourth-order valence-corrected chi connectivity index (χ4v) is 18.6. The Kier molecular flexibility index (Phi) is 16.1. The molecule has 208 valence electrons. The first-order valence-corrected chi connectivity index (χ1v) is 21.0. The van der Waals surface area contributed by atoms with Crippen LogP contribution in [0.4, 0.5) is 0 Å². The van der Waals surface area contributed by atoms with Gasteiger partial charge < -0.3 is 0 Å². The Morgan fingerprint density at radius 1 is 0.600 bits per heavy atom. The maximum atomic E-state index is 4.81. The van der Waals surface area contributed by atoms with E-state index in [2.05, 4.69) is 92.6 Å². The van der Waals surface area contributed by atoms with Crippen LogP contribution in [0.5, 0.6) is 0 Å². The van der Waals surface area contributed by atoms with Gasteiger partial charge in [0.05, 0.1) is 32.1 Å². The molecular weight excluding hydrogens is 600 g/mol. The van der Waals surface area contributed by atoms with Gasteiger partial charge in [0.2, 0.25) is 0 Å². The molecule has 0 bridgehead atoms. The van der Waals surface area contributed by atoms with Crippen LogP contribution in [0.15, 0.2) is 30.3 Å². The van der Waals surface area contributed by atoms with E-state index in [1.165, 1.54) is 64.2 Å². The summed E-state index contributed by atoms with van der Waals surface area (Å²) in [5.74, 6) is 0. The van der Waals surface area contributed by atoms with Gasteiger partial charge in [-0.3, -0.25) is 0 Å². The Bertz CT molecular complexity index is 613. The summed E-state index contributed by atoms with van der Waals surface area (Å²) >= 11 is -0.106. The van der Waals surface area contributed by atoms with Gasteiger partial charge in [-0.05, 0) is 126 Å².